The van der Waals surface area contributed by atoms with Crippen molar-refractivity contribution in [3.8, 4) is 0 Å². The van der Waals surface area contributed by atoms with E-state index in [0.29, 0.717) is 5.69 Å². The van der Waals surface area contributed by atoms with Crippen molar-refractivity contribution in [1.29, 1.82) is 0 Å². The lowest BCUT2D eigenvalue weighted by molar-refractivity contribution is -0.141. The average molecular weight is 338 g/mol. The third-order valence-electron chi connectivity index (χ3n) is 3.78. The summed E-state index contributed by atoms with van der Waals surface area (Å²) >= 11 is 0. The van der Waals surface area contributed by atoms with E-state index in [1.807, 2.05) is 0 Å². The number of aromatic nitrogens is 3. The highest BCUT2D eigenvalue weighted by Crippen LogP contribution is 2.14. The predicted octanol–water partition coefficient (Wildman–Crippen LogP) is 1.46. The summed E-state index contributed by atoms with van der Waals surface area (Å²) in [4.78, 5) is 24.3. The Hall–Kier alpha value is -2.84. The molecule has 1 amide bonds. The normalized spacial score (nSPS) is 12.0. The molecule has 0 fully saturated rings. The Morgan fingerprint density at radius 2 is 2.04 bits per heavy atom. The van der Waals surface area contributed by atoms with E-state index in [1.54, 1.807) is 6.92 Å². The SMILES string of the molecule is Cc1c(C(=O)N(C)C(C)C(=O)O)nnn1Cc1ccc(F)cc1F. The molecule has 128 valence electrons. The van der Waals surface area contributed by atoms with Gasteiger partial charge in [-0.25, -0.2) is 18.3 Å². The number of amides is 1. The average Bonchev–Trinajstić information content (AvgIpc) is 2.88. The van der Waals surface area contributed by atoms with Gasteiger partial charge in [-0.2, -0.15) is 0 Å². The molecule has 1 heterocycles. The summed E-state index contributed by atoms with van der Waals surface area (Å²) in [5, 5.41) is 16.5. The first-order valence-electron chi connectivity index (χ1n) is 7.06. The minimum atomic E-state index is -1.15. The minimum absolute atomic E-state index is 0.0203. The standard InChI is InChI=1S/C15H16F2N4O3/c1-8-13(14(22)20(3)9(2)15(23)24)18-19-21(8)7-10-4-5-11(16)6-12(10)17/h4-6,9H,7H2,1-3H3,(H,23,24). The second kappa shape index (κ2) is 6.73. The summed E-state index contributed by atoms with van der Waals surface area (Å²) in [6, 6.07) is 2.14. The molecule has 0 aliphatic heterocycles. The van der Waals surface area contributed by atoms with E-state index in [1.165, 1.54) is 24.7 Å². The van der Waals surface area contributed by atoms with Crippen molar-refractivity contribution in [1.82, 2.24) is 19.9 Å². The summed E-state index contributed by atoms with van der Waals surface area (Å²) in [7, 11) is 1.35. The van der Waals surface area contributed by atoms with Gasteiger partial charge in [-0.15, -0.1) is 5.10 Å². The summed E-state index contributed by atoms with van der Waals surface area (Å²) in [6.45, 7) is 2.90. The largest absolute Gasteiger partial charge is 0.480 e. The van der Waals surface area contributed by atoms with E-state index in [9.17, 15) is 18.4 Å². The molecule has 0 spiro atoms. The van der Waals surface area contributed by atoms with E-state index >= 15 is 0 Å². The Labute approximate surface area is 136 Å². The second-order valence-corrected chi connectivity index (χ2v) is 5.35. The van der Waals surface area contributed by atoms with Crippen molar-refractivity contribution in [3.05, 3.63) is 46.8 Å². The van der Waals surface area contributed by atoms with Crippen molar-refractivity contribution in [3.63, 3.8) is 0 Å². The first kappa shape index (κ1) is 17.5. The van der Waals surface area contributed by atoms with Gasteiger partial charge in [0.25, 0.3) is 5.91 Å². The molecule has 1 atom stereocenters. The van der Waals surface area contributed by atoms with E-state index < -0.39 is 29.6 Å². The number of benzene rings is 1. The topological polar surface area (TPSA) is 88.3 Å². The van der Waals surface area contributed by atoms with Crippen LogP contribution in [0.5, 0.6) is 0 Å². The Morgan fingerprint density at radius 3 is 2.62 bits per heavy atom. The van der Waals surface area contributed by atoms with Crippen LogP contribution in [0.15, 0.2) is 18.2 Å². The van der Waals surface area contributed by atoms with Crippen LogP contribution in [0.25, 0.3) is 0 Å². The first-order valence-corrected chi connectivity index (χ1v) is 7.06. The maximum absolute atomic E-state index is 13.7. The van der Waals surface area contributed by atoms with Crippen molar-refractivity contribution in [2.75, 3.05) is 7.05 Å². The minimum Gasteiger partial charge on any atom is -0.480 e. The summed E-state index contributed by atoms with van der Waals surface area (Å²) in [5.41, 5.74) is 0.525. The van der Waals surface area contributed by atoms with Crippen molar-refractivity contribution < 1.29 is 23.5 Å². The molecule has 24 heavy (non-hydrogen) atoms. The van der Waals surface area contributed by atoms with Gasteiger partial charge in [-0.3, -0.25) is 4.79 Å². The molecule has 1 aromatic carbocycles. The van der Waals surface area contributed by atoms with Crippen LogP contribution in [-0.4, -0.2) is 50.0 Å². The van der Waals surface area contributed by atoms with Gasteiger partial charge in [0.15, 0.2) is 5.69 Å². The number of rotatable bonds is 5. The lowest BCUT2D eigenvalue weighted by Gasteiger charge is -2.20. The highest BCUT2D eigenvalue weighted by molar-refractivity contribution is 5.95. The van der Waals surface area contributed by atoms with Crippen LogP contribution in [0.1, 0.15) is 28.7 Å². The van der Waals surface area contributed by atoms with Crippen LogP contribution < -0.4 is 0 Å². The molecule has 0 saturated heterocycles. The number of carbonyl (C=O) groups excluding carboxylic acids is 1. The number of hydrogen-bond acceptors (Lipinski definition) is 4. The Bertz CT molecular complexity index is 791. The fourth-order valence-electron chi connectivity index (χ4n) is 2.03. The number of carboxylic acids is 1. The number of likely N-dealkylation sites (N-methyl/N-ethyl adjacent to an activating group) is 1. The zero-order chi connectivity index (χ0) is 18.0. The Balaban J connectivity index is 2.25. The highest BCUT2D eigenvalue weighted by atomic mass is 19.1. The van der Waals surface area contributed by atoms with E-state index in [4.69, 9.17) is 5.11 Å². The smallest absolute Gasteiger partial charge is 0.326 e. The summed E-state index contributed by atoms with van der Waals surface area (Å²) in [5.74, 6) is -3.17. The van der Waals surface area contributed by atoms with Crippen LogP contribution in [0, 0.1) is 18.6 Å². The molecule has 2 rings (SSSR count). The number of carboxylic acid groups (broad SMARTS) is 1. The van der Waals surface area contributed by atoms with E-state index in [0.717, 1.165) is 17.0 Å². The van der Waals surface area contributed by atoms with Gasteiger partial charge in [-0.05, 0) is 19.9 Å². The molecule has 1 unspecified atom stereocenters. The molecule has 9 heteroatoms. The predicted molar refractivity (Wildman–Crippen MR) is 79.4 cm³/mol. The van der Waals surface area contributed by atoms with Gasteiger partial charge in [0.2, 0.25) is 0 Å². The number of nitrogens with zero attached hydrogens (tertiary/aromatic N) is 4. The number of aliphatic carboxylic acids is 1. The van der Waals surface area contributed by atoms with E-state index in [-0.39, 0.29) is 17.8 Å². The zero-order valence-corrected chi connectivity index (χ0v) is 13.3. The first-order chi connectivity index (χ1) is 11.2. The monoisotopic (exact) mass is 338 g/mol. The molecule has 1 aromatic heterocycles. The van der Waals surface area contributed by atoms with Crippen LogP contribution in [0.4, 0.5) is 8.78 Å². The molecule has 1 N–H and O–H groups in total. The summed E-state index contributed by atoms with van der Waals surface area (Å²) < 4.78 is 27.9. The highest BCUT2D eigenvalue weighted by Gasteiger charge is 2.27. The number of hydrogen-bond donors (Lipinski definition) is 1. The molecule has 0 aliphatic carbocycles. The third-order valence-corrected chi connectivity index (χ3v) is 3.78. The fraction of sp³-hybridized carbons (Fsp3) is 0.333. The lowest BCUT2D eigenvalue weighted by Crippen LogP contribution is -2.40. The molecule has 0 radical (unpaired) electrons. The van der Waals surface area contributed by atoms with Crippen LogP contribution in [-0.2, 0) is 11.3 Å². The van der Waals surface area contributed by atoms with Crippen LogP contribution in [0.3, 0.4) is 0 Å². The van der Waals surface area contributed by atoms with Crippen LogP contribution >= 0.6 is 0 Å². The molecule has 0 aliphatic rings. The Kier molecular flexibility index (Phi) is 4.91. The molecule has 0 bridgehead atoms. The lowest BCUT2D eigenvalue weighted by atomic mass is 10.2. The van der Waals surface area contributed by atoms with Gasteiger partial charge in [0.05, 0.1) is 12.2 Å². The number of halogens is 2. The van der Waals surface area contributed by atoms with Gasteiger partial charge in [-0.1, -0.05) is 11.3 Å². The summed E-state index contributed by atoms with van der Waals surface area (Å²) in [6.07, 6.45) is 0. The third kappa shape index (κ3) is 3.39. The zero-order valence-electron chi connectivity index (χ0n) is 13.3. The maximum atomic E-state index is 13.7. The van der Waals surface area contributed by atoms with Crippen molar-refractivity contribution in [2.45, 2.75) is 26.4 Å². The second-order valence-electron chi connectivity index (χ2n) is 5.35. The van der Waals surface area contributed by atoms with Gasteiger partial charge in [0, 0.05) is 18.7 Å². The van der Waals surface area contributed by atoms with Gasteiger partial charge >= 0.3 is 5.97 Å². The maximum Gasteiger partial charge on any atom is 0.326 e. The van der Waals surface area contributed by atoms with Crippen LogP contribution in [0.2, 0.25) is 0 Å². The molecule has 0 saturated carbocycles. The molecule has 7 nitrogen and oxygen atoms in total. The van der Waals surface area contributed by atoms with Crippen molar-refractivity contribution >= 4 is 11.9 Å². The Morgan fingerprint density at radius 1 is 1.38 bits per heavy atom. The number of carbonyl (C=O) groups is 2. The molecule has 2 aromatic rings. The molecular weight excluding hydrogens is 322 g/mol. The fourth-order valence-corrected chi connectivity index (χ4v) is 2.03. The van der Waals surface area contributed by atoms with Gasteiger partial charge < -0.3 is 10.0 Å². The molecular formula is C15H16F2N4O3. The van der Waals surface area contributed by atoms with Crippen molar-refractivity contribution in [2.24, 2.45) is 0 Å². The van der Waals surface area contributed by atoms with Gasteiger partial charge in [0.1, 0.15) is 17.7 Å². The quantitative estimate of drug-likeness (QED) is 0.892. The van der Waals surface area contributed by atoms with E-state index in [2.05, 4.69) is 10.3 Å².